The van der Waals surface area contributed by atoms with Gasteiger partial charge in [-0.25, -0.2) is 4.98 Å². The Balaban J connectivity index is 2.39. The van der Waals surface area contributed by atoms with Crippen LogP contribution in [-0.4, -0.2) is 28.5 Å². The van der Waals surface area contributed by atoms with E-state index in [0.717, 1.165) is 18.8 Å². The van der Waals surface area contributed by atoms with E-state index in [-0.39, 0.29) is 0 Å². The molecule has 14 heavy (non-hydrogen) atoms. The molecule has 1 heterocycles. The summed E-state index contributed by atoms with van der Waals surface area (Å²) in [5, 5.41) is 0. The van der Waals surface area contributed by atoms with Crippen molar-refractivity contribution < 1.29 is 0 Å². The molecule has 0 amide bonds. The summed E-state index contributed by atoms with van der Waals surface area (Å²) in [7, 11) is 2.09. The maximum absolute atomic E-state index is 5.45. The van der Waals surface area contributed by atoms with Crippen molar-refractivity contribution >= 4 is 5.82 Å². The smallest absolute Gasteiger partial charge is 0.141 e. The molecule has 1 aromatic rings. The molecule has 0 aliphatic rings. The van der Waals surface area contributed by atoms with Crippen molar-refractivity contribution in [3.63, 3.8) is 0 Å². The third-order valence-electron chi connectivity index (χ3n) is 2.05. The second-order valence-electron chi connectivity index (χ2n) is 3.52. The molecule has 0 aliphatic heterocycles. The average Bonchev–Trinajstić information content (AvgIpc) is 2.18. The fourth-order valence-corrected chi connectivity index (χ4v) is 1.23. The van der Waals surface area contributed by atoms with Crippen molar-refractivity contribution in [1.82, 2.24) is 14.9 Å². The molecule has 0 radical (unpaired) electrons. The maximum Gasteiger partial charge on any atom is 0.141 e. The molecule has 1 aromatic heterocycles. The number of nitrogens with zero attached hydrogens (tertiary/aromatic N) is 3. The van der Waals surface area contributed by atoms with E-state index in [1.54, 1.807) is 12.4 Å². The number of hydrogen-bond acceptors (Lipinski definition) is 4. The number of nitrogen functional groups attached to an aromatic ring is 1. The highest BCUT2D eigenvalue weighted by Crippen LogP contribution is 2.01. The van der Waals surface area contributed by atoms with Crippen LogP contribution in [-0.2, 0) is 6.54 Å². The second kappa shape index (κ2) is 5.54. The number of anilines is 1. The van der Waals surface area contributed by atoms with E-state index >= 15 is 0 Å². The second-order valence-corrected chi connectivity index (χ2v) is 3.52. The monoisotopic (exact) mass is 194 g/mol. The lowest BCUT2D eigenvalue weighted by atomic mass is 10.3. The molecule has 2 N–H and O–H groups in total. The SMILES string of the molecule is CCCCN(C)Cc1cnc(N)cn1. The standard InChI is InChI=1S/C10H18N4/c1-3-4-5-14(2)8-9-6-13-10(11)7-12-9/h6-7H,3-5,8H2,1-2H3,(H2,11,13). The maximum atomic E-state index is 5.45. The van der Waals surface area contributed by atoms with Gasteiger partial charge < -0.3 is 10.6 Å². The molecule has 0 atom stereocenters. The van der Waals surface area contributed by atoms with Gasteiger partial charge in [-0.1, -0.05) is 13.3 Å². The van der Waals surface area contributed by atoms with Crippen molar-refractivity contribution in [2.75, 3.05) is 19.3 Å². The van der Waals surface area contributed by atoms with Gasteiger partial charge in [-0.05, 0) is 20.0 Å². The molecule has 0 fully saturated rings. The van der Waals surface area contributed by atoms with Crippen LogP contribution in [0.15, 0.2) is 12.4 Å². The zero-order chi connectivity index (χ0) is 10.4. The van der Waals surface area contributed by atoms with Crippen LogP contribution in [0.1, 0.15) is 25.5 Å². The highest BCUT2D eigenvalue weighted by atomic mass is 15.1. The first-order valence-corrected chi connectivity index (χ1v) is 4.97. The molecule has 0 bridgehead atoms. The third kappa shape index (κ3) is 3.70. The Bertz CT molecular complexity index is 257. The highest BCUT2D eigenvalue weighted by molar-refractivity contribution is 5.22. The summed E-state index contributed by atoms with van der Waals surface area (Å²) >= 11 is 0. The Morgan fingerprint density at radius 2 is 2.14 bits per heavy atom. The number of hydrogen-bond donors (Lipinski definition) is 1. The van der Waals surface area contributed by atoms with Crippen LogP contribution in [0.4, 0.5) is 5.82 Å². The van der Waals surface area contributed by atoms with Crippen LogP contribution in [0.2, 0.25) is 0 Å². The van der Waals surface area contributed by atoms with E-state index in [9.17, 15) is 0 Å². The van der Waals surface area contributed by atoms with Crippen molar-refractivity contribution in [2.45, 2.75) is 26.3 Å². The normalized spacial score (nSPS) is 10.8. The van der Waals surface area contributed by atoms with Crippen molar-refractivity contribution in [3.05, 3.63) is 18.1 Å². The van der Waals surface area contributed by atoms with Crippen molar-refractivity contribution in [2.24, 2.45) is 0 Å². The minimum absolute atomic E-state index is 0.477. The Morgan fingerprint density at radius 1 is 1.36 bits per heavy atom. The summed E-state index contributed by atoms with van der Waals surface area (Å²) in [6.45, 7) is 4.13. The number of nitrogens with two attached hydrogens (primary N) is 1. The summed E-state index contributed by atoms with van der Waals surface area (Å²) < 4.78 is 0. The number of aromatic nitrogens is 2. The Kier molecular flexibility index (Phi) is 4.32. The summed E-state index contributed by atoms with van der Waals surface area (Å²) in [6, 6.07) is 0. The molecule has 0 unspecified atom stereocenters. The van der Waals surface area contributed by atoms with Gasteiger partial charge in [-0.15, -0.1) is 0 Å². The lowest BCUT2D eigenvalue weighted by Crippen LogP contribution is -2.19. The number of rotatable bonds is 5. The molecule has 1 rings (SSSR count). The average molecular weight is 194 g/mol. The summed E-state index contributed by atoms with van der Waals surface area (Å²) in [6.07, 6.45) is 5.78. The first kappa shape index (κ1) is 10.9. The van der Waals surface area contributed by atoms with Gasteiger partial charge in [0.25, 0.3) is 0 Å². The lowest BCUT2D eigenvalue weighted by molar-refractivity contribution is 0.316. The Morgan fingerprint density at radius 3 is 2.71 bits per heavy atom. The molecular weight excluding hydrogens is 176 g/mol. The van der Waals surface area contributed by atoms with Gasteiger partial charge in [0.1, 0.15) is 5.82 Å². The predicted molar refractivity (Wildman–Crippen MR) is 57.7 cm³/mol. The lowest BCUT2D eigenvalue weighted by Gasteiger charge is -2.14. The molecule has 0 saturated heterocycles. The van der Waals surface area contributed by atoms with Gasteiger partial charge in [0.2, 0.25) is 0 Å². The van der Waals surface area contributed by atoms with Gasteiger partial charge in [-0.2, -0.15) is 0 Å². The summed E-state index contributed by atoms with van der Waals surface area (Å²) in [4.78, 5) is 10.4. The topological polar surface area (TPSA) is 55.0 Å². The van der Waals surface area contributed by atoms with Crippen LogP contribution >= 0.6 is 0 Å². The van der Waals surface area contributed by atoms with Crippen LogP contribution in [0.5, 0.6) is 0 Å². The summed E-state index contributed by atoms with van der Waals surface area (Å²) in [5.74, 6) is 0.477. The molecule has 4 heteroatoms. The molecule has 0 saturated carbocycles. The zero-order valence-corrected chi connectivity index (χ0v) is 8.90. The van der Waals surface area contributed by atoms with E-state index in [4.69, 9.17) is 5.73 Å². The van der Waals surface area contributed by atoms with Crippen molar-refractivity contribution in [3.8, 4) is 0 Å². The highest BCUT2D eigenvalue weighted by Gasteiger charge is 2.00. The van der Waals surface area contributed by atoms with Gasteiger partial charge in [0, 0.05) is 6.54 Å². The van der Waals surface area contributed by atoms with Crippen LogP contribution in [0.25, 0.3) is 0 Å². The fraction of sp³-hybridized carbons (Fsp3) is 0.600. The minimum Gasteiger partial charge on any atom is -0.382 e. The number of unbranched alkanes of at least 4 members (excludes halogenated alkanes) is 1. The molecule has 0 aliphatic carbocycles. The zero-order valence-electron chi connectivity index (χ0n) is 8.90. The van der Waals surface area contributed by atoms with E-state index in [0.29, 0.717) is 5.82 Å². The van der Waals surface area contributed by atoms with Gasteiger partial charge in [0.05, 0.1) is 18.1 Å². The molecule has 0 aromatic carbocycles. The Labute approximate surface area is 85.2 Å². The predicted octanol–water partition coefficient (Wildman–Crippen LogP) is 1.29. The van der Waals surface area contributed by atoms with Gasteiger partial charge in [0.15, 0.2) is 0 Å². The van der Waals surface area contributed by atoms with Crippen LogP contribution < -0.4 is 5.73 Å². The largest absolute Gasteiger partial charge is 0.382 e. The van der Waals surface area contributed by atoms with Crippen LogP contribution in [0.3, 0.4) is 0 Å². The quantitative estimate of drug-likeness (QED) is 0.767. The van der Waals surface area contributed by atoms with Gasteiger partial charge >= 0.3 is 0 Å². The third-order valence-corrected chi connectivity index (χ3v) is 2.05. The van der Waals surface area contributed by atoms with Crippen molar-refractivity contribution in [1.29, 1.82) is 0 Å². The molecule has 4 nitrogen and oxygen atoms in total. The molecule has 0 spiro atoms. The fourth-order valence-electron chi connectivity index (χ4n) is 1.23. The first-order valence-electron chi connectivity index (χ1n) is 4.97. The van der Waals surface area contributed by atoms with E-state index in [1.807, 2.05) is 0 Å². The first-order chi connectivity index (χ1) is 6.72. The van der Waals surface area contributed by atoms with E-state index in [2.05, 4.69) is 28.8 Å². The van der Waals surface area contributed by atoms with Gasteiger partial charge in [-0.3, -0.25) is 4.98 Å². The Hall–Kier alpha value is -1.16. The molecule has 78 valence electrons. The summed E-state index contributed by atoms with van der Waals surface area (Å²) in [5.41, 5.74) is 6.42. The minimum atomic E-state index is 0.477. The van der Waals surface area contributed by atoms with E-state index < -0.39 is 0 Å². The molecular formula is C10H18N4. The van der Waals surface area contributed by atoms with Crippen LogP contribution in [0, 0.1) is 0 Å². The van der Waals surface area contributed by atoms with E-state index in [1.165, 1.54) is 12.8 Å².